The quantitative estimate of drug-likeness (QED) is 0.708. The van der Waals surface area contributed by atoms with Gasteiger partial charge >= 0.3 is 0 Å². The van der Waals surface area contributed by atoms with Crippen LogP contribution in [0.5, 0.6) is 0 Å². The van der Waals surface area contributed by atoms with E-state index in [0.717, 1.165) is 17.7 Å². The van der Waals surface area contributed by atoms with Gasteiger partial charge < -0.3 is 4.52 Å². The standard InChI is InChI=1S/C11H9N3O/c1-7-13-11(15-14-7)9-3-2-8-4-5-12-10(8)6-9/h2-3,5-6H,4H2,1H3. The van der Waals surface area contributed by atoms with Gasteiger partial charge in [0, 0.05) is 18.2 Å². The van der Waals surface area contributed by atoms with Crippen LogP contribution < -0.4 is 0 Å². The summed E-state index contributed by atoms with van der Waals surface area (Å²) in [5, 5.41) is 3.76. The van der Waals surface area contributed by atoms with Crippen molar-refractivity contribution >= 4 is 11.9 Å². The molecule has 0 atom stereocenters. The summed E-state index contributed by atoms with van der Waals surface area (Å²) in [6.07, 6.45) is 2.83. The molecule has 0 radical (unpaired) electrons. The minimum Gasteiger partial charge on any atom is -0.334 e. The summed E-state index contributed by atoms with van der Waals surface area (Å²) < 4.78 is 5.10. The Labute approximate surface area is 86.7 Å². The molecule has 0 bridgehead atoms. The Bertz CT molecular complexity index is 543. The van der Waals surface area contributed by atoms with Crippen LogP contribution in [0.4, 0.5) is 5.69 Å². The first-order chi connectivity index (χ1) is 7.33. The smallest absolute Gasteiger partial charge is 0.257 e. The molecule has 0 aliphatic carbocycles. The summed E-state index contributed by atoms with van der Waals surface area (Å²) in [6.45, 7) is 1.80. The fraction of sp³-hybridized carbons (Fsp3) is 0.182. The maximum atomic E-state index is 5.10. The Morgan fingerprint density at radius 3 is 3.07 bits per heavy atom. The fourth-order valence-electron chi connectivity index (χ4n) is 1.65. The van der Waals surface area contributed by atoms with Crippen molar-refractivity contribution in [3.63, 3.8) is 0 Å². The average molecular weight is 199 g/mol. The van der Waals surface area contributed by atoms with Crippen LogP contribution in [0.3, 0.4) is 0 Å². The molecule has 4 heteroatoms. The molecule has 0 N–H and O–H groups in total. The van der Waals surface area contributed by atoms with E-state index in [-0.39, 0.29) is 0 Å². The monoisotopic (exact) mass is 199 g/mol. The van der Waals surface area contributed by atoms with E-state index < -0.39 is 0 Å². The predicted molar refractivity (Wildman–Crippen MR) is 56.3 cm³/mol. The third kappa shape index (κ3) is 1.34. The molecule has 3 rings (SSSR count). The van der Waals surface area contributed by atoms with Crippen molar-refractivity contribution in [2.75, 3.05) is 0 Å². The van der Waals surface area contributed by atoms with E-state index >= 15 is 0 Å². The summed E-state index contributed by atoms with van der Waals surface area (Å²) in [4.78, 5) is 8.45. The van der Waals surface area contributed by atoms with Gasteiger partial charge in [-0.1, -0.05) is 11.2 Å². The summed E-state index contributed by atoms with van der Waals surface area (Å²) in [6, 6.07) is 6.02. The molecule has 2 aromatic rings. The molecule has 0 amide bonds. The molecule has 1 aromatic heterocycles. The largest absolute Gasteiger partial charge is 0.334 e. The molecule has 1 aliphatic heterocycles. The van der Waals surface area contributed by atoms with Crippen molar-refractivity contribution in [1.82, 2.24) is 10.1 Å². The fourth-order valence-corrected chi connectivity index (χ4v) is 1.65. The summed E-state index contributed by atoms with van der Waals surface area (Å²) in [5.74, 6) is 1.20. The van der Waals surface area contributed by atoms with Crippen molar-refractivity contribution in [2.45, 2.75) is 13.3 Å². The van der Waals surface area contributed by atoms with E-state index in [9.17, 15) is 0 Å². The Hall–Kier alpha value is -1.97. The van der Waals surface area contributed by atoms with Gasteiger partial charge in [-0.05, 0) is 24.6 Å². The molecule has 1 aliphatic rings. The number of aliphatic imine (C=N–C) groups is 1. The van der Waals surface area contributed by atoms with Crippen LogP contribution in [0.2, 0.25) is 0 Å². The molecule has 15 heavy (non-hydrogen) atoms. The summed E-state index contributed by atoms with van der Waals surface area (Å²) >= 11 is 0. The van der Waals surface area contributed by atoms with Crippen LogP contribution in [0.15, 0.2) is 27.7 Å². The van der Waals surface area contributed by atoms with Gasteiger partial charge in [0.05, 0.1) is 5.69 Å². The number of rotatable bonds is 1. The SMILES string of the molecule is Cc1noc(-c2ccc3c(c2)N=CC3)n1. The van der Waals surface area contributed by atoms with Crippen LogP contribution in [-0.2, 0) is 6.42 Å². The Kier molecular flexibility index (Phi) is 1.68. The van der Waals surface area contributed by atoms with Crippen LogP contribution in [0, 0.1) is 6.92 Å². The average Bonchev–Trinajstić information content (AvgIpc) is 2.84. The second-order valence-electron chi connectivity index (χ2n) is 3.51. The molecule has 0 spiro atoms. The number of fused-ring (bicyclic) bond motifs is 1. The second kappa shape index (κ2) is 3.02. The number of aryl methyl sites for hydroxylation is 1. The maximum absolute atomic E-state index is 5.10. The van der Waals surface area contributed by atoms with E-state index in [1.165, 1.54) is 5.56 Å². The lowest BCUT2D eigenvalue weighted by molar-refractivity contribution is 0.425. The lowest BCUT2D eigenvalue weighted by Crippen LogP contribution is -1.81. The van der Waals surface area contributed by atoms with E-state index in [1.54, 1.807) is 6.92 Å². The Balaban J connectivity index is 2.10. The highest BCUT2D eigenvalue weighted by Gasteiger charge is 2.11. The predicted octanol–water partition coefficient (Wildman–Crippen LogP) is 2.30. The molecule has 1 aromatic carbocycles. The number of benzene rings is 1. The Morgan fingerprint density at radius 2 is 2.27 bits per heavy atom. The lowest BCUT2D eigenvalue weighted by Gasteiger charge is -1.98. The minimum atomic E-state index is 0.553. The van der Waals surface area contributed by atoms with Crippen molar-refractivity contribution in [2.24, 2.45) is 4.99 Å². The van der Waals surface area contributed by atoms with Crippen LogP contribution >= 0.6 is 0 Å². The van der Waals surface area contributed by atoms with Crippen LogP contribution in [0.1, 0.15) is 11.4 Å². The first-order valence-electron chi connectivity index (χ1n) is 4.79. The highest BCUT2D eigenvalue weighted by molar-refractivity contribution is 5.78. The maximum Gasteiger partial charge on any atom is 0.257 e. The lowest BCUT2D eigenvalue weighted by atomic mass is 10.1. The normalized spacial score (nSPS) is 13.1. The second-order valence-corrected chi connectivity index (χ2v) is 3.51. The Morgan fingerprint density at radius 1 is 1.33 bits per heavy atom. The van der Waals surface area contributed by atoms with Crippen molar-refractivity contribution in [3.05, 3.63) is 29.6 Å². The highest BCUT2D eigenvalue weighted by Crippen LogP contribution is 2.29. The molecule has 0 saturated carbocycles. The molecule has 4 nitrogen and oxygen atoms in total. The number of hydrogen-bond acceptors (Lipinski definition) is 4. The third-order valence-corrected chi connectivity index (χ3v) is 2.40. The van der Waals surface area contributed by atoms with Gasteiger partial charge in [0.2, 0.25) is 0 Å². The molecule has 0 unspecified atom stereocenters. The van der Waals surface area contributed by atoms with Crippen molar-refractivity contribution in [1.29, 1.82) is 0 Å². The first kappa shape index (κ1) is 8.35. The zero-order chi connectivity index (χ0) is 10.3. The molecule has 74 valence electrons. The summed E-state index contributed by atoms with van der Waals surface area (Å²) in [7, 11) is 0. The van der Waals surface area contributed by atoms with Gasteiger partial charge in [-0.2, -0.15) is 4.98 Å². The molecular formula is C11H9N3O. The summed E-state index contributed by atoms with van der Waals surface area (Å²) in [5.41, 5.74) is 3.17. The molecule has 2 heterocycles. The molecule has 0 fully saturated rings. The first-order valence-corrected chi connectivity index (χ1v) is 4.79. The van der Waals surface area contributed by atoms with Crippen LogP contribution in [-0.4, -0.2) is 16.4 Å². The number of hydrogen-bond donors (Lipinski definition) is 0. The zero-order valence-corrected chi connectivity index (χ0v) is 8.27. The minimum absolute atomic E-state index is 0.553. The third-order valence-electron chi connectivity index (χ3n) is 2.40. The van der Waals surface area contributed by atoms with Gasteiger partial charge in [-0.15, -0.1) is 0 Å². The van der Waals surface area contributed by atoms with E-state index in [4.69, 9.17) is 4.52 Å². The van der Waals surface area contributed by atoms with Gasteiger partial charge in [0.25, 0.3) is 5.89 Å². The van der Waals surface area contributed by atoms with Crippen LogP contribution in [0.25, 0.3) is 11.5 Å². The van der Waals surface area contributed by atoms with E-state index in [1.807, 2.05) is 18.3 Å². The number of aromatic nitrogens is 2. The topological polar surface area (TPSA) is 51.3 Å². The zero-order valence-electron chi connectivity index (χ0n) is 8.27. The van der Waals surface area contributed by atoms with Gasteiger partial charge in [-0.3, -0.25) is 4.99 Å². The molecular weight excluding hydrogens is 190 g/mol. The van der Waals surface area contributed by atoms with Gasteiger partial charge in [0.15, 0.2) is 5.82 Å². The highest BCUT2D eigenvalue weighted by atomic mass is 16.5. The molecule has 0 saturated heterocycles. The van der Waals surface area contributed by atoms with Gasteiger partial charge in [-0.25, -0.2) is 0 Å². The van der Waals surface area contributed by atoms with Gasteiger partial charge in [0.1, 0.15) is 0 Å². The van der Waals surface area contributed by atoms with Crippen molar-refractivity contribution < 1.29 is 4.52 Å². The number of nitrogens with zero attached hydrogens (tertiary/aromatic N) is 3. The van der Waals surface area contributed by atoms with E-state index in [0.29, 0.717) is 11.7 Å². The van der Waals surface area contributed by atoms with E-state index in [2.05, 4.69) is 21.2 Å². The van der Waals surface area contributed by atoms with Crippen molar-refractivity contribution in [3.8, 4) is 11.5 Å².